The monoisotopic (exact) mass is 162 g/mol. The predicted molar refractivity (Wildman–Crippen MR) is 46.7 cm³/mol. The number of rotatable bonds is 0. The summed E-state index contributed by atoms with van der Waals surface area (Å²) < 4.78 is 0. The summed E-state index contributed by atoms with van der Waals surface area (Å²) in [6.45, 7) is 1.98. The lowest BCUT2D eigenvalue weighted by Gasteiger charge is -2.01. The zero-order valence-corrected chi connectivity index (χ0v) is 6.79. The molecule has 1 aliphatic heterocycles. The third-order valence-electron chi connectivity index (χ3n) is 2.08. The highest BCUT2D eigenvalue weighted by atomic mass is 16.2. The number of nitrogens with two attached hydrogens (primary N) is 1. The molecule has 0 unspecified atom stereocenters. The second kappa shape index (κ2) is 2.32. The van der Waals surface area contributed by atoms with Crippen molar-refractivity contribution < 1.29 is 4.79 Å². The molecular formula is C9H10N2O. The molecule has 0 aliphatic carbocycles. The molecule has 1 atom stereocenters. The molecule has 12 heavy (non-hydrogen) atoms. The van der Waals surface area contributed by atoms with Gasteiger partial charge in [-0.2, -0.15) is 0 Å². The third-order valence-corrected chi connectivity index (χ3v) is 2.08. The Kier molecular flexibility index (Phi) is 1.41. The van der Waals surface area contributed by atoms with Crippen LogP contribution >= 0.6 is 0 Å². The predicted octanol–water partition coefficient (Wildman–Crippen LogP) is 0.947. The van der Waals surface area contributed by atoms with E-state index in [0.717, 1.165) is 16.8 Å². The van der Waals surface area contributed by atoms with Crippen LogP contribution in [0.2, 0.25) is 0 Å². The minimum atomic E-state index is -0.486. The van der Waals surface area contributed by atoms with E-state index in [-0.39, 0.29) is 5.91 Å². The van der Waals surface area contributed by atoms with Gasteiger partial charge in [0.2, 0.25) is 5.91 Å². The van der Waals surface area contributed by atoms with Crippen molar-refractivity contribution in [2.24, 2.45) is 5.73 Å². The van der Waals surface area contributed by atoms with E-state index in [0.29, 0.717) is 0 Å². The van der Waals surface area contributed by atoms with Crippen molar-refractivity contribution in [1.82, 2.24) is 0 Å². The van der Waals surface area contributed by atoms with Crippen molar-refractivity contribution >= 4 is 11.6 Å². The molecule has 1 amide bonds. The van der Waals surface area contributed by atoms with Gasteiger partial charge in [0, 0.05) is 11.3 Å². The van der Waals surface area contributed by atoms with Crippen molar-refractivity contribution in [2.75, 3.05) is 5.32 Å². The van der Waals surface area contributed by atoms with Crippen LogP contribution in [0.5, 0.6) is 0 Å². The normalized spacial score (nSPS) is 20.5. The van der Waals surface area contributed by atoms with Gasteiger partial charge >= 0.3 is 0 Å². The smallest absolute Gasteiger partial charge is 0.245 e. The Morgan fingerprint density at radius 1 is 1.50 bits per heavy atom. The van der Waals surface area contributed by atoms with Gasteiger partial charge in [-0.15, -0.1) is 0 Å². The first kappa shape index (κ1) is 7.31. The number of carbonyl (C=O) groups is 1. The van der Waals surface area contributed by atoms with E-state index in [9.17, 15) is 4.79 Å². The van der Waals surface area contributed by atoms with E-state index in [2.05, 4.69) is 5.32 Å². The number of nitrogens with one attached hydrogen (secondary N) is 1. The van der Waals surface area contributed by atoms with E-state index in [1.165, 1.54) is 0 Å². The van der Waals surface area contributed by atoms with Gasteiger partial charge in [0.25, 0.3) is 0 Å². The minimum absolute atomic E-state index is 0.115. The van der Waals surface area contributed by atoms with Crippen molar-refractivity contribution in [3.8, 4) is 0 Å². The molecular weight excluding hydrogens is 152 g/mol. The Morgan fingerprint density at radius 2 is 2.25 bits per heavy atom. The summed E-state index contributed by atoms with van der Waals surface area (Å²) in [7, 11) is 0. The molecule has 0 aromatic heterocycles. The number of amides is 1. The maximum Gasteiger partial charge on any atom is 0.245 e. The van der Waals surface area contributed by atoms with Gasteiger partial charge in [-0.25, -0.2) is 0 Å². The number of carbonyl (C=O) groups excluding carboxylic acids is 1. The van der Waals surface area contributed by atoms with Gasteiger partial charge in [-0.05, 0) is 13.0 Å². The lowest BCUT2D eigenvalue weighted by molar-refractivity contribution is -0.116. The molecule has 1 aromatic carbocycles. The van der Waals surface area contributed by atoms with Gasteiger partial charge < -0.3 is 11.1 Å². The number of hydrogen-bond donors (Lipinski definition) is 2. The number of fused-ring (bicyclic) bond motifs is 1. The Bertz CT molecular complexity index is 346. The molecule has 1 aromatic rings. The summed E-state index contributed by atoms with van der Waals surface area (Å²) >= 11 is 0. The Balaban J connectivity index is 2.55. The molecule has 0 radical (unpaired) electrons. The highest BCUT2D eigenvalue weighted by molar-refractivity contribution is 6.02. The average molecular weight is 162 g/mol. The van der Waals surface area contributed by atoms with Gasteiger partial charge in [-0.1, -0.05) is 17.7 Å². The first-order valence-electron chi connectivity index (χ1n) is 3.85. The van der Waals surface area contributed by atoms with E-state index < -0.39 is 6.04 Å². The third kappa shape index (κ3) is 0.905. The molecule has 3 nitrogen and oxygen atoms in total. The van der Waals surface area contributed by atoms with Crippen LogP contribution in [-0.2, 0) is 4.79 Å². The second-order valence-electron chi connectivity index (χ2n) is 3.06. The summed E-state index contributed by atoms with van der Waals surface area (Å²) in [5.41, 5.74) is 8.52. The SMILES string of the molecule is Cc1ccc2c(c1)[C@H](N)C(=O)N2. The van der Waals surface area contributed by atoms with Crippen molar-refractivity contribution in [3.63, 3.8) is 0 Å². The van der Waals surface area contributed by atoms with Crippen LogP contribution in [0.3, 0.4) is 0 Å². The number of benzene rings is 1. The molecule has 0 saturated carbocycles. The summed E-state index contributed by atoms with van der Waals surface area (Å²) in [6, 6.07) is 5.30. The Hall–Kier alpha value is -1.35. The first-order valence-corrected chi connectivity index (χ1v) is 3.85. The van der Waals surface area contributed by atoms with E-state index in [1.807, 2.05) is 25.1 Å². The largest absolute Gasteiger partial charge is 0.324 e. The minimum Gasteiger partial charge on any atom is -0.324 e. The van der Waals surface area contributed by atoms with Crippen LogP contribution < -0.4 is 11.1 Å². The van der Waals surface area contributed by atoms with E-state index in [1.54, 1.807) is 0 Å². The van der Waals surface area contributed by atoms with Gasteiger partial charge in [0.05, 0.1) is 0 Å². The summed E-state index contributed by atoms with van der Waals surface area (Å²) in [5, 5.41) is 2.71. The van der Waals surface area contributed by atoms with Crippen molar-refractivity contribution in [1.29, 1.82) is 0 Å². The lowest BCUT2D eigenvalue weighted by atomic mass is 10.1. The van der Waals surface area contributed by atoms with E-state index in [4.69, 9.17) is 5.73 Å². The van der Waals surface area contributed by atoms with Gasteiger partial charge in [0.15, 0.2) is 0 Å². The number of anilines is 1. The highest BCUT2D eigenvalue weighted by Crippen LogP contribution is 2.29. The number of aryl methyl sites for hydroxylation is 1. The standard InChI is InChI=1S/C9H10N2O/c1-5-2-3-7-6(4-5)8(10)9(12)11-7/h2-4,8H,10H2,1H3,(H,11,12)/t8-/m0/s1. The van der Waals surface area contributed by atoms with Gasteiger partial charge in [0.1, 0.15) is 6.04 Å². The van der Waals surface area contributed by atoms with Crippen LogP contribution in [0.15, 0.2) is 18.2 Å². The average Bonchev–Trinajstić information content (AvgIpc) is 2.31. The Morgan fingerprint density at radius 3 is 3.00 bits per heavy atom. The zero-order valence-electron chi connectivity index (χ0n) is 6.79. The van der Waals surface area contributed by atoms with Crippen LogP contribution in [-0.4, -0.2) is 5.91 Å². The van der Waals surface area contributed by atoms with Crippen LogP contribution in [0.1, 0.15) is 17.2 Å². The molecule has 2 rings (SSSR count). The fourth-order valence-electron chi connectivity index (χ4n) is 1.41. The van der Waals surface area contributed by atoms with Crippen molar-refractivity contribution in [2.45, 2.75) is 13.0 Å². The molecule has 3 heteroatoms. The van der Waals surface area contributed by atoms with E-state index >= 15 is 0 Å². The Labute approximate surface area is 70.6 Å². The molecule has 0 spiro atoms. The molecule has 1 heterocycles. The maximum atomic E-state index is 11.1. The fourth-order valence-corrected chi connectivity index (χ4v) is 1.41. The second-order valence-corrected chi connectivity index (χ2v) is 3.06. The summed E-state index contributed by atoms with van der Waals surface area (Å²) in [4.78, 5) is 11.1. The van der Waals surface area contributed by atoms with Crippen LogP contribution in [0.25, 0.3) is 0 Å². The number of hydrogen-bond acceptors (Lipinski definition) is 2. The fraction of sp³-hybridized carbons (Fsp3) is 0.222. The highest BCUT2D eigenvalue weighted by Gasteiger charge is 2.26. The van der Waals surface area contributed by atoms with Crippen LogP contribution in [0, 0.1) is 6.92 Å². The maximum absolute atomic E-state index is 11.1. The summed E-state index contributed by atoms with van der Waals surface area (Å²) in [5.74, 6) is -0.115. The summed E-state index contributed by atoms with van der Waals surface area (Å²) in [6.07, 6.45) is 0. The molecule has 0 bridgehead atoms. The van der Waals surface area contributed by atoms with Crippen LogP contribution in [0.4, 0.5) is 5.69 Å². The molecule has 1 aliphatic rings. The quantitative estimate of drug-likeness (QED) is 0.596. The lowest BCUT2D eigenvalue weighted by Crippen LogP contribution is -2.19. The van der Waals surface area contributed by atoms with Gasteiger partial charge in [-0.3, -0.25) is 4.79 Å². The molecule has 62 valence electrons. The first-order chi connectivity index (χ1) is 5.68. The molecule has 3 N–H and O–H groups in total. The molecule has 0 fully saturated rings. The topological polar surface area (TPSA) is 55.1 Å². The molecule has 0 saturated heterocycles. The van der Waals surface area contributed by atoms with Crippen molar-refractivity contribution in [3.05, 3.63) is 29.3 Å². The zero-order chi connectivity index (χ0) is 8.72.